The number of aryl methyl sites for hydroxylation is 1. The average Bonchev–Trinajstić information content (AvgIpc) is 3.01. The van der Waals surface area contributed by atoms with Crippen LogP contribution in [0.4, 0.5) is 0 Å². The van der Waals surface area contributed by atoms with Crippen LogP contribution < -0.4 is 0 Å². The van der Waals surface area contributed by atoms with Gasteiger partial charge in [0, 0.05) is 37.7 Å². The number of aromatic nitrogens is 2. The van der Waals surface area contributed by atoms with Crippen LogP contribution in [0.2, 0.25) is 0 Å². The first kappa shape index (κ1) is 15.7. The summed E-state index contributed by atoms with van der Waals surface area (Å²) in [6, 6.07) is 1.28. The van der Waals surface area contributed by atoms with Gasteiger partial charge in [-0.15, -0.1) is 0 Å². The van der Waals surface area contributed by atoms with E-state index in [1.807, 2.05) is 13.1 Å². The molecule has 1 aliphatic heterocycles. The van der Waals surface area contributed by atoms with Crippen molar-refractivity contribution in [2.45, 2.75) is 70.9 Å². The molecular weight excluding hydrogens is 274 g/mol. The van der Waals surface area contributed by atoms with Crippen molar-refractivity contribution in [3.63, 3.8) is 0 Å². The molecule has 2 aliphatic rings. The van der Waals surface area contributed by atoms with Crippen LogP contribution in [0.25, 0.3) is 0 Å². The van der Waals surface area contributed by atoms with E-state index in [1.54, 1.807) is 0 Å². The molecule has 0 bridgehead atoms. The zero-order valence-corrected chi connectivity index (χ0v) is 14.0. The van der Waals surface area contributed by atoms with E-state index in [2.05, 4.69) is 27.8 Å². The van der Waals surface area contributed by atoms with E-state index in [9.17, 15) is 4.79 Å². The van der Waals surface area contributed by atoms with Gasteiger partial charge >= 0.3 is 0 Å². The molecule has 0 spiro atoms. The Morgan fingerprint density at radius 2 is 1.82 bits per heavy atom. The Labute approximate surface area is 133 Å². The number of piperidine rings is 1. The fraction of sp³-hybridized carbons (Fsp3) is 0.778. The monoisotopic (exact) mass is 303 g/mol. The first-order valence-corrected chi connectivity index (χ1v) is 8.95. The molecule has 0 unspecified atom stereocenters. The predicted octanol–water partition coefficient (Wildman–Crippen LogP) is 3.37. The Bertz CT molecular complexity index is 494. The number of ketones is 1. The van der Waals surface area contributed by atoms with Gasteiger partial charge in [-0.1, -0.05) is 6.92 Å². The molecule has 0 atom stereocenters. The molecule has 0 amide bonds. The van der Waals surface area contributed by atoms with Crippen molar-refractivity contribution in [2.24, 2.45) is 5.92 Å². The standard InChI is InChI=1S/C18H29N3O/c1-3-18(22)15-4-6-16(7-5-15)20-10-8-17(9-11-20)21-13-14(2)12-19-21/h12-13,15-17H,3-11H2,1-2H3/t15-,16+. The maximum absolute atomic E-state index is 11.8. The van der Waals surface area contributed by atoms with E-state index >= 15 is 0 Å². The number of hydrogen-bond acceptors (Lipinski definition) is 3. The molecule has 22 heavy (non-hydrogen) atoms. The number of Topliss-reactive ketones (excluding diaryl/α,β-unsaturated/α-hetero) is 1. The largest absolute Gasteiger partial charge is 0.300 e. The van der Waals surface area contributed by atoms with Gasteiger partial charge in [0.15, 0.2) is 0 Å². The van der Waals surface area contributed by atoms with Gasteiger partial charge in [0.25, 0.3) is 0 Å². The molecule has 0 aromatic carbocycles. The summed E-state index contributed by atoms with van der Waals surface area (Å²) in [5.41, 5.74) is 1.25. The van der Waals surface area contributed by atoms with E-state index in [0.29, 0.717) is 30.2 Å². The molecule has 1 aliphatic carbocycles. The van der Waals surface area contributed by atoms with Crippen LogP contribution >= 0.6 is 0 Å². The third-order valence-electron chi connectivity index (χ3n) is 5.62. The Morgan fingerprint density at radius 1 is 1.14 bits per heavy atom. The highest BCUT2D eigenvalue weighted by molar-refractivity contribution is 5.80. The summed E-state index contributed by atoms with van der Waals surface area (Å²) in [5, 5.41) is 4.48. The molecule has 3 rings (SSSR count). The molecule has 1 aromatic heterocycles. The summed E-state index contributed by atoms with van der Waals surface area (Å²) in [6.45, 7) is 6.46. The van der Waals surface area contributed by atoms with Crippen molar-refractivity contribution in [1.82, 2.24) is 14.7 Å². The molecule has 0 N–H and O–H groups in total. The molecule has 122 valence electrons. The highest BCUT2D eigenvalue weighted by Crippen LogP contribution is 2.32. The van der Waals surface area contributed by atoms with E-state index in [0.717, 1.165) is 12.8 Å². The number of nitrogens with zero attached hydrogens (tertiary/aromatic N) is 3. The highest BCUT2D eigenvalue weighted by atomic mass is 16.1. The third-order valence-corrected chi connectivity index (χ3v) is 5.62. The molecule has 1 saturated heterocycles. The van der Waals surface area contributed by atoms with Crippen molar-refractivity contribution < 1.29 is 4.79 Å². The van der Waals surface area contributed by atoms with Gasteiger partial charge in [0.1, 0.15) is 5.78 Å². The summed E-state index contributed by atoms with van der Waals surface area (Å²) in [5.74, 6) is 0.831. The first-order valence-electron chi connectivity index (χ1n) is 8.95. The van der Waals surface area contributed by atoms with Gasteiger partial charge in [0.2, 0.25) is 0 Å². The minimum atomic E-state index is 0.353. The zero-order chi connectivity index (χ0) is 15.5. The van der Waals surface area contributed by atoms with E-state index in [1.165, 1.54) is 44.3 Å². The Kier molecular flexibility index (Phi) is 4.97. The second kappa shape index (κ2) is 6.95. The molecule has 1 saturated carbocycles. The lowest BCUT2D eigenvalue weighted by molar-refractivity contribution is -0.123. The Balaban J connectivity index is 1.47. The van der Waals surface area contributed by atoms with Gasteiger partial charge in [-0.25, -0.2) is 0 Å². The fourth-order valence-electron chi connectivity index (χ4n) is 4.20. The minimum absolute atomic E-state index is 0.353. The SMILES string of the molecule is CCC(=O)[C@H]1CC[C@@H](N2CCC(n3cc(C)cn3)CC2)CC1. The molecule has 2 fully saturated rings. The summed E-state index contributed by atoms with van der Waals surface area (Å²) in [6.07, 6.45) is 11.9. The Hall–Kier alpha value is -1.16. The molecular formula is C18H29N3O. The second-order valence-electron chi connectivity index (χ2n) is 7.09. The van der Waals surface area contributed by atoms with Crippen LogP contribution in [0.1, 0.15) is 63.5 Å². The highest BCUT2D eigenvalue weighted by Gasteiger charge is 2.31. The van der Waals surface area contributed by atoms with Crippen LogP contribution in [0.15, 0.2) is 12.4 Å². The van der Waals surface area contributed by atoms with Crippen LogP contribution in [0.3, 0.4) is 0 Å². The van der Waals surface area contributed by atoms with Gasteiger partial charge in [-0.3, -0.25) is 9.48 Å². The van der Waals surface area contributed by atoms with Crippen molar-refractivity contribution in [3.05, 3.63) is 18.0 Å². The number of rotatable bonds is 4. The van der Waals surface area contributed by atoms with Crippen molar-refractivity contribution in [2.75, 3.05) is 13.1 Å². The lowest BCUT2D eigenvalue weighted by atomic mass is 9.81. The Morgan fingerprint density at radius 3 is 2.36 bits per heavy atom. The van der Waals surface area contributed by atoms with Crippen molar-refractivity contribution in [3.8, 4) is 0 Å². The van der Waals surface area contributed by atoms with Crippen LogP contribution in [-0.4, -0.2) is 39.6 Å². The number of carbonyl (C=O) groups excluding carboxylic acids is 1. The maximum Gasteiger partial charge on any atom is 0.135 e. The van der Waals surface area contributed by atoms with Crippen molar-refractivity contribution in [1.29, 1.82) is 0 Å². The predicted molar refractivity (Wildman–Crippen MR) is 87.9 cm³/mol. The summed E-state index contributed by atoms with van der Waals surface area (Å²) < 4.78 is 2.16. The summed E-state index contributed by atoms with van der Waals surface area (Å²) >= 11 is 0. The number of carbonyl (C=O) groups is 1. The summed E-state index contributed by atoms with van der Waals surface area (Å²) in [7, 11) is 0. The molecule has 1 aromatic rings. The smallest absolute Gasteiger partial charge is 0.135 e. The van der Waals surface area contributed by atoms with Gasteiger partial charge < -0.3 is 4.90 Å². The molecule has 0 radical (unpaired) electrons. The minimum Gasteiger partial charge on any atom is -0.300 e. The third kappa shape index (κ3) is 3.43. The molecule has 4 nitrogen and oxygen atoms in total. The van der Waals surface area contributed by atoms with E-state index in [-0.39, 0.29) is 0 Å². The molecule has 4 heteroatoms. The van der Waals surface area contributed by atoms with Crippen LogP contribution in [-0.2, 0) is 4.79 Å². The second-order valence-corrected chi connectivity index (χ2v) is 7.09. The van der Waals surface area contributed by atoms with Crippen molar-refractivity contribution >= 4 is 5.78 Å². The van der Waals surface area contributed by atoms with Crippen LogP contribution in [0.5, 0.6) is 0 Å². The topological polar surface area (TPSA) is 38.1 Å². The maximum atomic E-state index is 11.8. The normalized spacial score (nSPS) is 27.9. The van der Waals surface area contributed by atoms with Crippen LogP contribution in [0, 0.1) is 12.8 Å². The zero-order valence-electron chi connectivity index (χ0n) is 14.0. The number of likely N-dealkylation sites (tertiary alicyclic amines) is 1. The number of hydrogen-bond donors (Lipinski definition) is 0. The molecule has 2 heterocycles. The van der Waals surface area contributed by atoms with Gasteiger partial charge in [-0.05, 0) is 51.0 Å². The van der Waals surface area contributed by atoms with E-state index < -0.39 is 0 Å². The van der Waals surface area contributed by atoms with Gasteiger partial charge in [0.05, 0.1) is 12.2 Å². The fourth-order valence-corrected chi connectivity index (χ4v) is 4.20. The summed E-state index contributed by atoms with van der Waals surface area (Å²) in [4.78, 5) is 14.5. The average molecular weight is 303 g/mol. The lowest BCUT2D eigenvalue weighted by Crippen LogP contribution is -2.44. The quantitative estimate of drug-likeness (QED) is 0.856. The first-order chi connectivity index (χ1) is 10.7. The lowest BCUT2D eigenvalue weighted by Gasteiger charge is -2.40. The van der Waals surface area contributed by atoms with Gasteiger partial charge in [-0.2, -0.15) is 5.10 Å². The van der Waals surface area contributed by atoms with E-state index in [4.69, 9.17) is 0 Å².